The van der Waals surface area contributed by atoms with Gasteiger partial charge in [-0.15, -0.1) is 0 Å². The predicted octanol–water partition coefficient (Wildman–Crippen LogP) is 4.42. The van der Waals surface area contributed by atoms with Gasteiger partial charge in [0.25, 0.3) is 0 Å². The average Bonchev–Trinajstić information content (AvgIpc) is 3.23. The van der Waals surface area contributed by atoms with Crippen LogP contribution in [0.1, 0.15) is 38.3 Å². The highest BCUT2D eigenvalue weighted by atomic mass is 35.5. The van der Waals surface area contributed by atoms with Crippen LogP contribution in [0.5, 0.6) is 11.5 Å². The van der Waals surface area contributed by atoms with Crippen molar-refractivity contribution >= 4 is 40.5 Å². The van der Waals surface area contributed by atoms with Crippen LogP contribution in [0.2, 0.25) is 5.02 Å². The summed E-state index contributed by atoms with van der Waals surface area (Å²) in [7, 11) is 0. The molecule has 0 saturated carbocycles. The number of amides is 2. The van der Waals surface area contributed by atoms with Gasteiger partial charge >= 0.3 is 0 Å². The van der Waals surface area contributed by atoms with Crippen LogP contribution in [0.3, 0.4) is 0 Å². The Morgan fingerprint density at radius 1 is 1.03 bits per heavy atom. The predicted molar refractivity (Wildman–Crippen MR) is 153 cm³/mol. The number of ether oxygens (including phenoxy) is 1. The maximum atomic E-state index is 12.7. The van der Waals surface area contributed by atoms with Crippen molar-refractivity contribution in [3.05, 3.63) is 82.9 Å². The Hall–Kier alpha value is -3.92. The van der Waals surface area contributed by atoms with Gasteiger partial charge in [0, 0.05) is 41.0 Å². The zero-order valence-corrected chi connectivity index (χ0v) is 22.8. The van der Waals surface area contributed by atoms with Crippen molar-refractivity contribution in [3.8, 4) is 11.5 Å². The van der Waals surface area contributed by atoms with Gasteiger partial charge in [0.05, 0.1) is 24.3 Å². The summed E-state index contributed by atoms with van der Waals surface area (Å²) in [5.74, 6) is 1.08. The van der Waals surface area contributed by atoms with Gasteiger partial charge < -0.3 is 20.3 Å². The molecule has 3 unspecified atom stereocenters. The number of rotatable bonds is 7. The fourth-order valence-corrected chi connectivity index (χ4v) is 5.05. The third kappa shape index (κ3) is 5.90. The molecule has 0 radical (unpaired) electrons. The number of fused-ring (bicyclic) bond motifs is 3. The molecule has 3 aromatic rings. The summed E-state index contributed by atoms with van der Waals surface area (Å²) in [6.45, 7) is 6.00. The van der Waals surface area contributed by atoms with Crippen molar-refractivity contribution in [2.45, 2.75) is 45.6 Å². The van der Waals surface area contributed by atoms with E-state index in [1.165, 1.54) is 6.92 Å². The van der Waals surface area contributed by atoms with Gasteiger partial charge in [-0.2, -0.15) is 0 Å². The molecule has 0 spiro atoms. The van der Waals surface area contributed by atoms with Crippen LogP contribution >= 0.6 is 11.6 Å². The van der Waals surface area contributed by atoms with E-state index in [2.05, 4.69) is 33.3 Å². The molecule has 1 fully saturated rings. The van der Waals surface area contributed by atoms with Crippen LogP contribution in [-0.4, -0.2) is 42.4 Å². The van der Waals surface area contributed by atoms with Gasteiger partial charge in [-0.05, 0) is 68.4 Å². The summed E-state index contributed by atoms with van der Waals surface area (Å²) in [6, 6.07) is 20.3. The van der Waals surface area contributed by atoms with Gasteiger partial charge in [-0.1, -0.05) is 23.7 Å². The summed E-state index contributed by atoms with van der Waals surface area (Å²) in [4.78, 5) is 31.4. The molecule has 4 N–H and O–H groups in total. The van der Waals surface area contributed by atoms with Gasteiger partial charge in [-0.3, -0.25) is 14.6 Å². The number of hydrazine groups is 1. The fraction of sp³-hybridized carbons (Fsp3) is 0.276. The van der Waals surface area contributed by atoms with Crippen molar-refractivity contribution in [2.24, 2.45) is 4.99 Å². The normalized spacial score (nSPS) is 19.8. The highest BCUT2D eigenvalue weighted by molar-refractivity contribution is 6.30. The molecule has 2 heterocycles. The number of halogens is 1. The van der Waals surface area contributed by atoms with Crippen molar-refractivity contribution < 1.29 is 14.3 Å². The minimum atomic E-state index is -0.363. The minimum absolute atomic E-state index is 0.0432. The molecule has 10 heteroatoms. The first-order valence-corrected chi connectivity index (χ1v) is 13.3. The number of carbonyl (C=O) groups is 2. The Bertz CT molecular complexity index is 1390. The average molecular weight is 547 g/mol. The molecular formula is C29H31ClN6O3. The molecule has 2 aliphatic heterocycles. The van der Waals surface area contributed by atoms with Crippen LogP contribution in [0.15, 0.2) is 71.7 Å². The molecule has 0 bridgehead atoms. The van der Waals surface area contributed by atoms with E-state index in [1.54, 1.807) is 24.3 Å². The summed E-state index contributed by atoms with van der Waals surface area (Å²) >= 11 is 6.20. The molecule has 0 aliphatic carbocycles. The van der Waals surface area contributed by atoms with Crippen LogP contribution in [0.4, 0.5) is 11.4 Å². The molecular weight excluding hydrogens is 516 g/mol. The first-order chi connectivity index (χ1) is 18.8. The summed E-state index contributed by atoms with van der Waals surface area (Å²) in [5.41, 5.74) is 10.8. The number of hydrogen-bond donors (Lipinski definition) is 4. The molecule has 0 aromatic heterocycles. The standard InChI is InChI=1S/C29H31ClN6O3/c1-4-31-27(38)16-25-29-35-34-17(2)36(29)26-14-13-23(39-22-11-9-21(10-12-22)32-18(3)37)15-24(26)28(33-25)19-5-7-20(30)8-6-19/h5-15,17,25,29,34-35H,4,16H2,1-3H3,(H,31,38)(H,32,37). The van der Waals surface area contributed by atoms with E-state index in [1.807, 2.05) is 49.4 Å². The van der Waals surface area contributed by atoms with Crippen molar-refractivity contribution in [1.29, 1.82) is 0 Å². The third-order valence-electron chi connectivity index (χ3n) is 6.61. The molecule has 2 aliphatic rings. The third-order valence-corrected chi connectivity index (χ3v) is 6.87. The first-order valence-electron chi connectivity index (χ1n) is 12.9. The van der Waals surface area contributed by atoms with Gasteiger partial charge in [0.2, 0.25) is 11.8 Å². The molecule has 1 saturated heterocycles. The Morgan fingerprint density at radius 2 is 1.74 bits per heavy atom. The number of hydrogen-bond acceptors (Lipinski definition) is 7. The van der Waals surface area contributed by atoms with E-state index in [0.717, 1.165) is 22.5 Å². The highest BCUT2D eigenvalue weighted by Crippen LogP contribution is 2.37. The molecule has 39 heavy (non-hydrogen) atoms. The number of benzene rings is 3. The van der Waals surface area contributed by atoms with E-state index in [9.17, 15) is 9.59 Å². The lowest BCUT2D eigenvalue weighted by atomic mass is 9.99. The lowest BCUT2D eigenvalue weighted by molar-refractivity contribution is -0.121. The highest BCUT2D eigenvalue weighted by Gasteiger charge is 2.40. The smallest absolute Gasteiger partial charge is 0.222 e. The molecule has 5 rings (SSSR count). The first kappa shape index (κ1) is 26.7. The quantitative estimate of drug-likeness (QED) is 0.349. The fourth-order valence-electron chi connectivity index (χ4n) is 4.93. The Balaban J connectivity index is 1.57. The van der Waals surface area contributed by atoms with Crippen molar-refractivity contribution in [3.63, 3.8) is 0 Å². The molecule has 2 amide bonds. The van der Waals surface area contributed by atoms with Crippen LogP contribution in [-0.2, 0) is 9.59 Å². The van der Waals surface area contributed by atoms with E-state index < -0.39 is 0 Å². The molecule has 9 nitrogen and oxygen atoms in total. The van der Waals surface area contributed by atoms with E-state index in [0.29, 0.717) is 28.8 Å². The Morgan fingerprint density at radius 3 is 2.44 bits per heavy atom. The lowest BCUT2D eigenvalue weighted by Gasteiger charge is -2.31. The number of aliphatic imine (C=N–C) groups is 1. The second-order valence-corrected chi connectivity index (χ2v) is 9.95. The Kier molecular flexibility index (Phi) is 7.83. The number of anilines is 2. The second kappa shape index (κ2) is 11.4. The number of carbonyl (C=O) groups excluding carboxylic acids is 2. The SMILES string of the molecule is CCNC(=O)CC1N=C(c2ccc(Cl)cc2)c2cc(Oc3ccc(NC(C)=O)cc3)ccc2N2C(C)NNC12. The topological polar surface area (TPSA) is 107 Å². The maximum Gasteiger partial charge on any atom is 0.222 e. The largest absolute Gasteiger partial charge is 0.457 e. The molecule has 3 atom stereocenters. The number of nitrogens with zero attached hydrogens (tertiary/aromatic N) is 2. The summed E-state index contributed by atoms with van der Waals surface area (Å²) < 4.78 is 6.21. The van der Waals surface area contributed by atoms with E-state index in [4.69, 9.17) is 21.3 Å². The van der Waals surface area contributed by atoms with Crippen LogP contribution in [0, 0.1) is 0 Å². The zero-order chi connectivity index (χ0) is 27.5. The van der Waals surface area contributed by atoms with Crippen LogP contribution < -0.4 is 31.1 Å². The van der Waals surface area contributed by atoms with E-state index in [-0.39, 0.29) is 36.6 Å². The summed E-state index contributed by atoms with van der Waals surface area (Å²) in [5, 5.41) is 6.29. The maximum absolute atomic E-state index is 12.7. The Labute approximate surface area is 232 Å². The van der Waals surface area contributed by atoms with Gasteiger partial charge in [-0.25, -0.2) is 10.9 Å². The van der Waals surface area contributed by atoms with E-state index >= 15 is 0 Å². The monoisotopic (exact) mass is 546 g/mol. The van der Waals surface area contributed by atoms with Crippen molar-refractivity contribution in [1.82, 2.24) is 16.2 Å². The van der Waals surface area contributed by atoms with Gasteiger partial charge in [0.1, 0.15) is 17.7 Å². The molecule has 3 aromatic carbocycles. The molecule has 202 valence electrons. The number of nitrogens with one attached hydrogen (secondary N) is 4. The lowest BCUT2D eigenvalue weighted by Crippen LogP contribution is -2.47. The van der Waals surface area contributed by atoms with Crippen molar-refractivity contribution in [2.75, 3.05) is 16.8 Å². The minimum Gasteiger partial charge on any atom is -0.457 e. The summed E-state index contributed by atoms with van der Waals surface area (Å²) in [6.07, 6.45) is -0.0523. The second-order valence-electron chi connectivity index (χ2n) is 9.51. The zero-order valence-electron chi connectivity index (χ0n) is 22.0. The van der Waals surface area contributed by atoms with Crippen LogP contribution in [0.25, 0.3) is 0 Å². The van der Waals surface area contributed by atoms with Gasteiger partial charge in [0.15, 0.2) is 0 Å².